The molecule has 0 radical (unpaired) electrons. The molecule has 1 aliphatic heterocycles. The maximum absolute atomic E-state index is 13.7. The largest absolute Gasteiger partial charge is 0.416 e. The molecule has 1 saturated heterocycles. The summed E-state index contributed by atoms with van der Waals surface area (Å²) in [6, 6.07) is 12.3. The van der Waals surface area contributed by atoms with Crippen LogP contribution in [0.25, 0.3) is 11.4 Å². The molecule has 2 heterocycles. The van der Waals surface area contributed by atoms with Crippen molar-refractivity contribution in [3.63, 3.8) is 0 Å². The predicted molar refractivity (Wildman–Crippen MR) is 108 cm³/mol. The first-order valence-corrected chi connectivity index (χ1v) is 10.3. The molecule has 1 aromatic heterocycles. The first-order chi connectivity index (χ1) is 14.4. The predicted octanol–water partition coefficient (Wildman–Crippen LogP) is 5.53. The number of halogens is 3. The highest BCUT2D eigenvalue weighted by atomic mass is 19.4. The number of hydrogen-bond acceptors (Lipinski definition) is 4. The van der Waals surface area contributed by atoms with Crippen molar-refractivity contribution < 1.29 is 17.7 Å². The number of nitrogens with zero attached hydrogens (tertiary/aromatic N) is 2. The van der Waals surface area contributed by atoms with Gasteiger partial charge in [0.25, 0.3) is 0 Å². The number of nitrogens with one attached hydrogen (secondary N) is 1. The Balaban J connectivity index is 1.56. The molecule has 3 aromatic rings. The third kappa shape index (κ3) is 4.56. The van der Waals surface area contributed by atoms with Gasteiger partial charge in [-0.1, -0.05) is 48.5 Å². The molecule has 0 aliphatic carbocycles. The van der Waals surface area contributed by atoms with Crippen molar-refractivity contribution in [2.75, 3.05) is 6.54 Å². The van der Waals surface area contributed by atoms with E-state index >= 15 is 0 Å². The zero-order valence-corrected chi connectivity index (χ0v) is 16.8. The van der Waals surface area contributed by atoms with Crippen molar-refractivity contribution in [2.24, 2.45) is 0 Å². The van der Waals surface area contributed by atoms with Gasteiger partial charge in [-0.25, -0.2) is 0 Å². The molecule has 2 aromatic carbocycles. The lowest BCUT2D eigenvalue weighted by Gasteiger charge is -2.14. The number of alkyl halides is 3. The zero-order valence-electron chi connectivity index (χ0n) is 16.8. The molecule has 1 atom stereocenters. The van der Waals surface area contributed by atoms with Crippen molar-refractivity contribution in [2.45, 2.75) is 51.2 Å². The van der Waals surface area contributed by atoms with Gasteiger partial charge in [-0.2, -0.15) is 18.2 Å². The highest BCUT2D eigenvalue weighted by Gasteiger charge is 2.34. The SMILES string of the molecule is CCc1ccc(CCc2ccc(-c3noc([C@@H]4CCCN4)n3)cc2C(F)(F)F)cc1. The van der Waals surface area contributed by atoms with E-state index in [2.05, 4.69) is 22.4 Å². The van der Waals surface area contributed by atoms with E-state index in [1.807, 2.05) is 24.3 Å². The van der Waals surface area contributed by atoms with Crippen LogP contribution in [0.4, 0.5) is 13.2 Å². The lowest BCUT2D eigenvalue weighted by Crippen LogP contribution is -2.13. The summed E-state index contributed by atoms with van der Waals surface area (Å²) in [6.45, 7) is 2.94. The Morgan fingerprint density at radius 3 is 2.50 bits per heavy atom. The maximum Gasteiger partial charge on any atom is 0.416 e. The van der Waals surface area contributed by atoms with Crippen LogP contribution in [-0.2, 0) is 25.4 Å². The highest BCUT2D eigenvalue weighted by Crippen LogP contribution is 2.35. The van der Waals surface area contributed by atoms with E-state index in [0.717, 1.165) is 37.4 Å². The molecule has 7 heteroatoms. The van der Waals surface area contributed by atoms with Gasteiger partial charge in [0.1, 0.15) is 0 Å². The maximum atomic E-state index is 13.7. The summed E-state index contributed by atoms with van der Waals surface area (Å²) in [5.74, 6) is 0.613. The van der Waals surface area contributed by atoms with Crippen LogP contribution in [-0.4, -0.2) is 16.7 Å². The second-order valence-corrected chi connectivity index (χ2v) is 7.64. The third-order valence-electron chi connectivity index (χ3n) is 5.59. The molecule has 0 spiro atoms. The van der Waals surface area contributed by atoms with E-state index < -0.39 is 11.7 Å². The van der Waals surface area contributed by atoms with Crippen molar-refractivity contribution in [1.82, 2.24) is 15.5 Å². The van der Waals surface area contributed by atoms with Crippen LogP contribution < -0.4 is 5.32 Å². The Morgan fingerprint density at radius 1 is 1.07 bits per heavy atom. The van der Waals surface area contributed by atoms with Crippen LogP contribution >= 0.6 is 0 Å². The van der Waals surface area contributed by atoms with E-state index in [4.69, 9.17) is 4.52 Å². The second kappa shape index (κ2) is 8.60. The molecule has 0 saturated carbocycles. The summed E-state index contributed by atoms with van der Waals surface area (Å²) in [4.78, 5) is 4.32. The monoisotopic (exact) mass is 415 g/mol. The van der Waals surface area contributed by atoms with E-state index in [9.17, 15) is 13.2 Å². The van der Waals surface area contributed by atoms with Crippen LogP contribution in [0.15, 0.2) is 47.0 Å². The van der Waals surface area contributed by atoms with Gasteiger partial charge in [-0.15, -0.1) is 0 Å². The molecular weight excluding hydrogens is 391 g/mol. The summed E-state index contributed by atoms with van der Waals surface area (Å²) in [6.07, 6.45) is -0.758. The summed E-state index contributed by atoms with van der Waals surface area (Å²) < 4.78 is 46.5. The topological polar surface area (TPSA) is 51.0 Å². The third-order valence-corrected chi connectivity index (χ3v) is 5.59. The Hall–Kier alpha value is -2.67. The van der Waals surface area contributed by atoms with Crippen LogP contribution in [0.5, 0.6) is 0 Å². The zero-order chi connectivity index (χ0) is 21.1. The Labute approximate surface area is 173 Å². The average molecular weight is 415 g/mol. The number of aromatic nitrogens is 2. The number of benzene rings is 2. The molecular formula is C23H24F3N3O. The molecule has 1 fully saturated rings. The summed E-state index contributed by atoms with van der Waals surface area (Å²) in [5.41, 5.74) is 2.18. The van der Waals surface area contributed by atoms with Crippen molar-refractivity contribution in [3.8, 4) is 11.4 Å². The van der Waals surface area contributed by atoms with Gasteiger partial charge >= 0.3 is 6.18 Å². The molecule has 30 heavy (non-hydrogen) atoms. The van der Waals surface area contributed by atoms with Crippen LogP contribution in [0.1, 0.15) is 54.0 Å². The summed E-state index contributed by atoms with van der Waals surface area (Å²) in [5, 5.41) is 7.15. The summed E-state index contributed by atoms with van der Waals surface area (Å²) in [7, 11) is 0. The first-order valence-electron chi connectivity index (χ1n) is 10.3. The summed E-state index contributed by atoms with van der Waals surface area (Å²) >= 11 is 0. The quantitative estimate of drug-likeness (QED) is 0.575. The van der Waals surface area contributed by atoms with Crippen molar-refractivity contribution >= 4 is 0 Å². The molecule has 4 nitrogen and oxygen atoms in total. The van der Waals surface area contributed by atoms with Crippen LogP contribution in [0.2, 0.25) is 0 Å². The number of aryl methyl sites for hydroxylation is 3. The van der Waals surface area contributed by atoms with Gasteiger partial charge < -0.3 is 9.84 Å². The Morgan fingerprint density at radius 2 is 1.83 bits per heavy atom. The van der Waals surface area contributed by atoms with Gasteiger partial charge in [0, 0.05) is 5.56 Å². The minimum Gasteiger partial charge on any atom is -0.337 e. The molecule has 1 N–H and O–H groups in total. The van der Waals surface area contributed by atoms with E-state index in [1.165, 1.54) is 11.6 Å². The highest BCUT2D eigenvalue weighted by molar-refractivity contribution is 5.57. The molecule has 0 unspecified atom stereocenters. The standard InChI is InChI=1S/C23H24F3N3O/c1-2-15-5-7-16(8-6-15)9-10-17-11-12-18(14-19(17)23(24,25)26)21-28-22(30-29-21)20-4-3-13-27-20/h5-8,11-12,14,20,27H,2-4,9-10,13H2,1H3/t20-/m0/s1. The van der Waals surface area contributed by atoms with Crippen LogP contribution in [0, 0.1) is 0 Å². The minimum atomic E-state index is -4.45. The smallest absolute Gasteiger partial charge is 0.337 e. The van der Waals surface area contributed by atoms with E-state index in [1.54, 1.807) is 6.07 Å². The molecule has 4 rings (SSSR count). The van der Waals surface area contributed by atoms with Gasteiger partial charge in [-0.3, -0.25) is 0 Å². The van der Waals surface area contributed by atoms with Crippen molar-refractivity contribution in [3.05, 3.63) is 70.6 Å². The number of hydrogen-bond donors (Lipinski definition) is 1. The lowest BCUT2D eigenvalue weighted by molar-refractivity contribution is -0.138. The first kappa shape index (κ1) is 20.6. The molecule has 0 amide bonds. The van der Waals surface area contributed by atoms with Crippen LogP contribution in [0.3, 0.4) is 0 Å². The number of rotatable bonds is 6. The van der Waals surface area contributed by atoms with E-state index in [-0.39, 0.29) is 17.4 Å². The van der Waals surface area contributed by atoms with Gasteiger partial charge in [0.05, 0.1) is 11.6 Å². The normalized spacial score (nSPS) is 16.9. The Kier molecular flexibility index (Phi) is 5.90. The second-order valence-electron chi connectivity index (χ2n) is 7.64. The van der Waals surface area contributed by atoms with Crippen molar-refractivity contribution in [1.29, 1.82) is 0 Å². The minimum absolute atomic E-state index is 0.0216. The van der Waals surface area contributed by atoms with E-state index in [0.29, 0.717) is 24.3 Å². The fourth-order valence-electron chi connectivity index (χ4n) is 3.81. The van der Waals surface area contributed by atoms with Gasteiger partial charge in [-0.05, 0) is 61.4 Å². The average Bonchev–Trinajstić information content (AvgIpc) is 3.43. The lowest BCUT2D eigenvalue weighted by atomic mass is 9.96. The van der Waals surface area contributed by atoms with Gasteiger partial charge in [0.15, 0.2) is 0 Å². The molecule has 1 aliphatic rings. The van der Waals surface area contributed by atoms with Gasteiger partial charge in [0.2, 0.25) is 11.7 Å². The Bertz CT molecular complexity index is 990. The fraction of sp³-hybridized carbons (Fsp3) is 0.391. The fourth-order valence-corrected chi connectivity index (χ4v) is 3.81. The molecule has 0 bridgehead atoms. The molecule has 158 valence electrons.